The molecular formula is C13H14ClNO4. The predicted octanol–water partition coefficient (Wildman–Crippen LogP) is 1.83. The van der Waals surface area contributed by atoms with Crippen molar-refractivity contribution in [1.29, 1.82) is 0 Å². The second-order valence-corrected chi connectivity index (χ2v) is 4.45. The van der Waals surface area contributed by atoms with Crippen molar-refractivity contribution in [2.75, 3.05) is 24.6 Å². The van der Waals surface area contributed by atoms with E-state index in [1.807, 2.05) is 0 Å². The largest absolute Gasteiger partial charge is 0.479 e. The number of hydrogen-bond donors (Lipinski definition) is 0. The van der Waals surface area contributed by atoms with Crippen molar-refractivity contribution >= 4 is 29.0 Å². The van der Waals surface area contributed by atoms with E-state index in [1.165, 1.54) is 12.0 Å². The molecule has 1 aliphatic heterocycles. The molecular weight excluding hydrogens is 270 g/mol. The summed E-state index contributed by atoms with van der Waals surface area (Å²) in [4.78, 5) is 25.1. The van der Waals surface area contributed by atoms with Crippen LogP contribution in [-0.2, 0) is 9.53 Å². The molecule has 0 saturated heterocycles. The highest BCUT2D eigenvalue weighted by Crippen LogP contribution is 2.34. The van der Waals surface area contributed by atoms with E-state index in [9.17, 15) is 9.59 Å². The number of anilines is 1. The zero-order valence-corrected chi connectivity index (χ0v) is 11.4. The Morgan fingerprint density at radius 1 is 1.53 bits per heavy atom. The summed E-state index contributed by atoms with van der Waals surface area (Å²) in [6.07, 6.45) is -0.572. The van der Waals surface area contributed by atoms with E-state index < -0.39 is 6.10 Å². The predicted molar refractivity (Wildman–Crippen MR) is 70.9 cm³/mol. The highest BCUT2D eigenvalue weighted by molar-refractivity contribution is 6.30. The normalized spacial score (nSPS) is 17.9. The Morgan fingerprint density at radius 3 is 2.89 bits per heavy atom. The average molecular weight is 284 g/mol. The Morgan fingerprint density at radius 2 is 2.26 bits per heavy atom. The second-order valence-electron chi connectivity index (χ2n) is 4.18. The van der Waals surface area contributed by atoms with Gasteiger partial charge in [-0.2, -0.15) is 0 Å². The molecule has 1 amide bonds. The van der Waals surface area contributed by atoms with E-state index in [0.29, 0.717) is 17.0 Å². The summed E-state index contributed by atoms with van der Waals surface area (Å²) in [6, 6.07) is 4.90. The third kappa shape index (κ3) is 2.57. The number of ketones is 1. The van der Waals surface area contributed by atoms with Gasteiger partial charge >= 0.3 is 0 Å². The standard InChI is InChI=1S/C13H14ClNO4/c1-8-13(17)15(7-18-2)10-5-9(11(16)6-14)3-4-12(10)19-8/h3-5,8H,6-7H2,1-2H3. The fourth-order valence-corrected chi connectivity index (χ4v) is 2.07. The molecule has 1 heterocycles. The van der Waals surface area contributed by atoms with Gasteiger partial charge in [-0.3, -0.25) is 14.5 Å². The Bertz CT molecular complexity index is 517. The van der Waals surface area contributed by atoms with Crippen LogP contribution >= 0.6 is 11.6 Å². The Kier molecular flexibility index (Phi) is 4.07. The quantitative estimate of drug-likeness (QED) is 0.625. The molecule has 0 bridgehead atoms. The van der Waals surface area contributed by atoms with Crippen molar-refractivity contribution in [3.63, 3.8) is 0 Å². The van der Waals surface area contributed by atoms with Gasteiger partial charge in [0, 0.05) is 12.7 Å². The summed E-state index contributed by atoms with van der Waals surface area (Å²) in [5.41, 5.74) is 0.974. The van der Waals surface area contributed by atoms with Gasteiger partial charge in [-0.1, -0.05) is 0 Å². The summed E-state index contributed by atoms with van der Waals surface area (Å²) in [5, 5.41) is 0. The molecule has 0 fully saturated rings. The molecule has 1 aromatic carbocycles. The number of ether oxygens (including phenoxy) is 2. The van der Waals surface area contributed by atoms with Crippen molar-refractivity contribution in [1.82, 2.24) is 0 Å². The summed E-state index contributed by atoms with van der Waals surface area (Å²) < 4.78 is 10.5. The van der Waals surface area contributed by atoms with Crippen molar-refractivity contribution in [2.24, 2.45) is 0 Å². The lowest BCUT2D eigenvalue weighted by atomic mass is 10.1. The number of rotatable bonds is 4. The van der Waals surface area contributed by atoms with Crippen molar-refractivity contribution in [3.8, 4) is 5.75 Å². The van der Waals surface area contributed by atoms with Crippen molar-refractivity contribution < 1.29 is 19.1 Å². The first-order valence-electron chi connectivity index (χ1n) is 5.78. The molecule has 1 unspecified atom stereocenters. The number of benzene rings is 1. The van der Waals surface area contributed by atoms with Crippen LogP contribution in [0.25, 0.3) is 0 Å². The molecule has 1 aliphatic rings. The molecule has 0 radical (unpaired) electrons. The van der Waals surface area contributed by atoms with Gasteiger partial charge in [0.2, 0.25) is 0 Å². The fourth-order valence-electron chi connectivity index (χ4n) is 1.92. The number of hydrogen-bond acceptors (Lipinski definition) is 4. The molecule has 102 valence electrons. The summed E-state index contributed by atoms with van der Waals surface area (Å²) in [7, 11) is 1.50. The number of fused-ring (bicyclic) bond motifs is 1. The van der Waals surface area contributed by atoms with Crippen molar-refractivity contribution in [3.05, 3.63) is 23.8 Å². The van der Waals surface area contributed by atoms with E-state index in [0.717, 1.165) is 0 Å². The van der Waals surface area contributed by atoms with Crippen LogP contribution in [0.4, 0.5) is 5.69 Å². The van der Waals surface area contributed by atoms with Gasteiger partial charge in [0.1, 0.15) is 12.5 Å². The maximum atomic E-state index is 12.0. The van der Waals surface area contributed by atoms with E-state index in [2.05, 4.69) is 0 Å². The lowest BCUT2D eigenvalue weighted by Crippen LogP contribution is -2.45. The van der Waals surface area contributed by atoms with Gasteiger partial charge < -0.3 is 9.47 Å². The number of halogens is 1. The topological polar surface area (TPSA) is 55.8 Å². The molecule has 0 N–H and O–H groups in total. The molecule has 0 aromatic heterocycles. The van der Waals surface area contributed by atoms with Gasteiger partial charge in [-0.15, -0.1) is 11.6 Å². The van der Waals surface area contributed by atoms with E-state index in [-0.39, 0.29) is 24.3 Å². The first kappa shape index (κ1) is 13.8. The molecule has 19 heavy (non-hydrogen) atoms. The molecule has 0 saturated carbocycles. The number of alkyl halides is 1. The number of Topliss-reactive ketones (excluding diaryl/α,β-unsaturated/α-hetero) is 1. The van der Waals surface area contributed by atoms with Crippen LogP contribution in [0.1, 0.15) is 17.3 Å². The van der Waals surface area contributed by atoms with Crippen LogP contribution in [0.2, 0.25) is 0 Å². The minimum absolute atomic E-state index is 0.103. The molecule has 5 nitrogen and oxygen atoms in total. The fraction of sp³-hybridized carbons (Fsp3) is 0.385. The zero-order valence-electron chi connectivity index (χ0n) is 10.7. The minimum Gasteiger partial charge on any atom is -0.479 e. The monoisotopic (exact) mass is 283 g/mol. The number of nitrogens with zero attached hydrogens (tertiary/aromatic N) is 1. The van der Waals surface area contributed by atoms with E-state index in [4.69, 9.17) is 21.1 Å². The Balaban J connectivity index is 2.45. The SMILES string of the molecule is COCN1C(=O)C(C)Oc2ccc(C(=O)CCl)cc21. The summed E-state index contributed by atoms with van der Waals surface area (Å²) in [6.45, 7) is 1.78. The second kappa shape index (κ2) is 5.59. The first-order valence-corrected chi connectivity index (χ1v) is 6.32. The van der Waals surface area contributed by atoms with Gasteiger partial charge in [-0.25, -0.2) is 0 Å². The molecule has 0 aliphatic carbocycles. The molecule has 0 spiro atoms. The maximum absolute atomic E-state index is 12.0. The minimum atomic E-state index is -0.572. The zero-order chi connectivity index (χ0) is 14.0. The third-order valence-corrected chi connectivity index (χ3v) is 3.11. The van der Waals surface area contributed by atoms with E-state index >= 15 is 0 Å². The van der Waals surface area contributed by atoms with Crippen LogP contribution in [0.15, 0.2) is 18.2 Å². The lowest BCUT2D eigenvalue weighted by Gasteiger charge is -2.32. The van der Waals surface area contributed by atoms with E-state index in [1.54, 1.807) is 25.1 Å². The molecule has 1 atom stereocenters. The van der Waals surface area contributed by atoms with Gasteiger partial charge in [0.25, 0.3) is 5.91 Å². The van der Waals surface area contributed by atoms with Crippen LogP contribution in [0, 0.1) is 0 Å². The van der Waals surface area contributed by atoms with Crippen molar-refractivity contribution in [2.45, 2.75) is 13.0 Å². The number of amides is 1. The smallest absolute Gasteiger partial charge is 0.269 e. The highest BCUT2D eigenvalue weighted by atomic mass is 35.5. The lowest BCUT2D eigenvalue weighted by molar-refractivity contribution is -0.126. The van der Waals surface area contributed by atoms with Gasteiger partial charge in [0.15, 0.2) is 11.9 Å². The van der Waals surface area contributed by atoms with Crippen LogP contribution in [0.3, 0.4) is 0 Å². The summed E-state index contributed by atoms with van der Waals surface area (Å²) in [5.74, 6) is 0.0434. The van der Waals surface area contributed by atoms with Gasteiger partial charge in [-0.05, 0) is 25.1 Å². The van der Waals surface area contributed by atoms with Crippen LogP contribution < -0.4 is 9.64 Å². The maximum Gasteiger partial charge on any atom is 0.269 e. The average Bonchev–Trinajstić information content (AvgIpc) is 2.42. The molecule has 1 aromatic rings. The van der Waals surface area contributed by atoms with Gasteiger partial charge in [0.05, 0.1) is 11.6 Å². The number of carbonyl (C=O) groups is 2. The molecule has 2 rings (SSSR count). The molecule has 6 heteroatoms. The first-order chi connectivity index (χ1) is 9.08. The number of carbonyl (C=O) groups excluding carboxylic acids is 2. The number of methoxy groups -OCH3 is 1. The summed E-state index contributed by atoms with van der Waals surface area (Å²) >= 11 is 5.53. The van der Waals surface area contributed by atoms with Crippen LogP contribution in [-0.4, -0.2) is 37.5 Å². The third-order valence-electron chi connectivity index (χ3n) is 2.87. The Hall–Kier alpha value is -1.59. The highest BCUT2D eigenvalue weighted by Gasteiger charge is 2.31. The Labute approximate surface area is 116 Å². The van der Waals surface area contributed by atoms with Crippen LogP contribution in [0.5, 0.6) is 5.75 Å².